The molecule has 2 heteroatoms. The molecule has 2 nitrogen and oxygen atoms in total. The first-order valence-corrected chi connectivity index (χ1v) is 5.50. The third-order valence-corrected chi connectivity index (χ3v) is 2.33. The highest BCUT2D eigenvalue weighted by atomic mass is 15.2. The van der Waals surface area contributed by atoms with E-state index in [0.717, 1.165) is 6.54 Å². The maximum atomic E-state index is 3.50. The third kappa shape index (κ3) is 4.63. The van der Waals surface area contributed by atoms with Gasteiger partial charge < -0.3 is 5.32 Å². The summed E-state index contributed by atoms with van der Waals surface area (Å²) in [6.07, 6.45) is 0. The van der Waals surface area contributed by atoms with Crippen molar-refractivity contribution in [2.24, 2.45) is 0 Å². The lowest BCUT2D eigenvalue weighted by Gasteiger charge is -2.41. The summed E-state index contributed by atoms with van der Waals surface area (Å²) >= 11 is 0. The summed E-state index contributed by atoms with van der Waals surface area (Å²) in [5, 5.41) is 3.50. The second-order valence-electron chi connectivity index (χ2n) is 4.37. The van der Waals surface area contributed by atoms with E-state index in [1.807, 2.05) is 13.8 Å². The average molecular weight is 186 g/mol. The van der Waals surface area contributed by atoms with Crippen molar-refractivity contribution in [2.75, 3.05) is 19.6 Å². The Morgan fingerprint density at radius 2 is 1.77 bits per heavy atom. The zero-order valence-electron chi connectivity index (χ0n) is 10.1. The van der Waals surface area contributed by atoms with E-state index in [9.17, 15) is 0 Å². The zero-order chi connectivity index (χ0) is 10.5. The van der Waals surface area contributed by atoms with E-state index in [-0.39, 0.29) is 0 Å². The van der Waals surface area contributed by atoms with Crippen LogP contribution in [-0.2, 0) is 0 Å². The van der Waals surface area contributed by atoms with Gasteiger partial charge in [0.2, 0.25) is 0 Å². The molecule has 0 unspecified atom stereocenters. The topological polar surface area (TPSA) is 15.3 Å². The van der Waals surface area contributed by atoms with E-state index < -0.39 is 0 Å². The molecule has 0 aromatic rings. The minimum atomic E-state index is 0.308. The van der Waals surface area contributed by atoms with Gasteiger partial charge in [-0.1, -0.05) is 13.8 Å². The number of nitrogens with zero attached hydrogens (tertiary/aromatic N) is 1. The van der Waals surface area contributed by atoms with Crippen molar-refractivity contribution < 1.29 is 0 Å². The van der Waals surface area contributed by atoms with Crippen molar-refractivity contribution in [1.29, 1.82) is 0 Å². The van der Waals surface area contributed by atoms with Crippen LogP contribution in [0.1, 0.15) is 41.5 Å². The van der Waals surface area contributed by atoms with Gasteiger partial charge in [-0.15, -0.1) is 0 Å². The average Bonchev–Trinajstić information content (AvgIpc) is 2.06. The minimum Gasteiger partial charge on any atom is -0.309 e. The summed E-state index contributed by atoms with van der Waals surface area (Å²) in [7, 11) is 0. The van der Waals surface area contributed by atoms with Gasteiger partial charge in [0.05, 0.1) is 0 Å². The molecule has 0 amide bonds. The van der Waals surface area contributed by atoms with Gasteiger partial charge in [-0.25, -0.2) is 0 Å². The molecule has 0 aliphatic carbocycles. The second kappa shape index (κ2) is 5.61. The van der Waals surface area contributed by atoms with Crippen molar-refractivity contribution in [3.8, 4) is 0 Å². The molecule has 1 aliphatic heterocycles. The van der Waals surface area contributed by atoms with Crippen LogP contribution < -0.4 is 5.32 Å². The summed E-state index contributed by atoms with van der Waals surface area (Å²) in [5.41, 5.74) is 0.308. The molecule has 0 atom stereocenters. The fourth-order valence-electron chi connectivity index (χ4n) is 1.62. The maximum Gasteiger partial charge on any atom is 0.0252 e. The first-order chi connectivity index (χ1) is 6.01. The van der Waals surface area contributed by atoms with Gasteiger partial charge in [0.1, 0.15) is 0 Å². The van der Waals surface area contributed by atoms with Crippen LogP contribution in [0, 0.1) is 0 Å². The number of piperazine rings is 1. The Kier molecular flexibility index (Phi) is 5.57. The van der Waals surface area contributed by atoms with E-state index in [0.29, 0.717) is 11.6 Å². The van der Waals surface area contributed by atoms with Gasteiger partial charge in [0, 0.05) is 31.2 Å². The Bertz CT molecular complexity index is 130. The molecule has 0 aromatic heterocycles. The van der Waals surface area contributed by atoms with Crippen LogP contribution >= 0.6 is 0 Å². The van der Waals surface area contributed by atoms with Crippen LogP contribution in [0.4, 0.5) is 0 Å². The van der Waals surface area contributed by atoms with Crippen molar-refractivity contribution >= 4 is 0 Å². The van der Waals surface area contributed by atoms with Crippen LogP contribution in [-0.4, -0.2) is 36.1 Å². The van der Waals surface area contributed by atoms with E-state index in [4.69, 9.17) is 0 Å². The fraction of sp³-hybridized carbons (Fsp3) is 1.00. The van der Waals surface area contributed by atoms with Crippen molar-refractivity contribution in [3.05, 3.63) is 0 Å². The van der Waals surface area contributed by atoms with Crippen LogP contribution in [0.2, 0.25) is 0 Å². The van der Waals surface area contributed by atoms with Gasteiger partial charge >= 0.3 is 0 Å². The molecular weight excluding hydrogens is 160 g/mol. The van der Waals surface area contributed by atoms with E-state index in [2.05, 4.69) is 37.9 Å². The summed E-state index contributed by atoms with van der Waals surface area (Å²) in [6, 6.07) is 0.691. The molecule has 1 rings (SSSR count). The second-order valence-corrected chi connectivity index (χ2v) is 4.37. The summed E-state index contributed by atoms with van der Waals surface area (Å²) < 4.78 is 0. The van der Waals surface area contributed by atoms with Crippen LogP contribution in [0.3, 0.4) is 0 Å². The van der Waals surface area contributed by atoms with Gasteiger partial charge in [-0.2, -0.15) is 0 Å². The number of nitrogens with one attached hydrogen (secondary N) is 1. The first-order valence-electron chi connectivity index (χ1n) is 5.50. The number of hydrogen-bond donors (Lipinski definition) is 1. The molecule has 0 radical (unpaired) electrons. The first kappa shape index (κ1) is 12.9. The fourth-order valence-corrected chi connectivity index (χ4v) is 1.62. The Hall–Kier alpha value is -0.0800. The Morgan fingerprint density at radius 3 is 2.08 bits per heavy atom. The van der Waals surface area contributed by atoms with Gasteiger partial charge in [-0.05, 0) is 27.7 Å². The van der Waals surface area contributed by atoms with Crippen molar-refractivity contribution in [1.82, 2.24) is 10.2 Å². The zero-order valence-corrected chi connectivity index (χ0v) is 10.1. The Morgan fingerprint density at radius 1 is 1.23 bits per heavy atom. The smallest absolute Gasteiger partial charge is 0.0252 e. The molecule has 1 aliphatic rings. The van der Waals surface area contributed by atoms with Crippen molar-refractivity contribution in [3.63, 3.8) is 0 Å². The highest BCUT2D eigenvalue weighted by Crippen LogP contribution is 2.12. The van der Waals surface area contributed by atoms with Crippen molar-refractivity contribution in [2.45, 2.75) is 53.1 Å². The quantitative estimate of drug-likeness (QED) is 0.674. The molecule has 1 saturated heterocycles. The highest BCUT2D eigenvalue weighted by molar-refractivity contribution is 4.87. The molecule has 0 spiro atoms. The van der Waals surface area contributed by atoms with E-state index >= 15 is 0 Å². The highest BCUT2D eigenvalue weighted by Gasteiger charge is 2.26. The van der Waals surface area contributed by atoms with Crippen LogP contribution in [0.25, 0.3) is 0 Å². The molecule has 1 fully saturated rings. The minimum absolute atomic E-state index is 0.308. The number of hydrogen-bond acceptors (Lipinski definition) is 2. The SMILES string of the molecule is CC.CC(C)N1CCNC(C)(C)C1. The molecule has 0 saturated carbocycles. The Labute approximate surface area is 83.7 Å². The van der Waals surface area contributed by atoms with Gasteiger partial charge in [-0.3, -0.25) is 4.90 Å². The molecule has 1 heterocycles. The molecular formula is C11H26N2. The largest absolute Gasteiger partial charge is 0.309 e. The lowest BCUT2D eigenvalue weighted by molar-refractivity contribution is 0.124. The van der Waals surface area contributed by atoms with E-state index in [1.54, 1.807) is 0 Å². The number of rotatable bonds is 1. The van der Waals surface area contributed by atoms with Crippen LogP contribution in [0.15, 0.2) is 0 Å². The van der Waals surface area contributed by atoms with E-state index in [1.165, 1.54) is 13.1 Å². The summed E-state index contributed by atoms with van der Waals surface area (Å²) in [5.74, 6) is 0. The summed E-state index contributed by atoms with van der Waals surface area (Å²) in [6.45, 7) is 16.6. The molecule has 0 aromatic carbocycles. The third-order valence-electron chi connectivity index (χ3n) is 2.33. The van der Waals surface area contributed by atoms with Gasteiger partial charge in [0.15, 0.2) is 0 Å². The molecule has 80 valence electrons. The maximum absolute atomic E-state index is 3.50. The molecule has 1 N–H and O–H groups in total. The standard InChI is InChI=1S/C9H20N2.C2H6/c1-8(2)11-6-5-10-9(3,4)7-11;1-2/h8,10H,5-7H2,1-4H3;1-2H3. The monoisotopic (exact) mass is 186 g/mol. The summed E-state index contributed by atoms with van der Waals surface area (Å²) in [4.78, 5) is 2.52. The predicted molar refractivity (Wildman–Crippen MR) is 60.1 cm³/mol. The predicted octanol–water partition coefficient (Wildman–Crippen LogP) is 2.10. The molecule has 0 bridgehead atoms. The normalized spacial score (nSPS) is 22.4. The Balaban J connectivity index is 0.000000671. The lowest BCUT2D eigenvalue weighted by Crippen LogP contribution is -2.58. The van der Waals surface area contributed by atoms with Crippen LogP contribution in [0.5, 0.6) is 0 Å². The molecule has 13 heavy (non-hydrogen) atoms. The lowest BCUT2D eigenvalue weighted by atomic mass is 10.0. The van der Waals surface area contributed by atoms with Gasteiger partial charge in [0.25, 0.3) is 0 Å².